The molecule has 0 unspecified atom stereocenters. The van der Waals surface area contributed by atoms with E-state index in [4.69, 9.17) is 26.0 Å². The molecule has 3 heterocycles. The highest BCUT2D eigenvalue weighted by Gasteiger charge is 2.46. The minimum Gasteiger partial charge on any atom is -0.394 e. The summed E-state index contributed by atoms with van der Waals surface area (Å²) < 4.78 is 10.3. The molecule has 0 radical (unpaired) electrons. The summed E-state index contributed by atoms with van der Waals surface area (Å²) in [5.41, 5.74) is 1.51. The fourth-order valence-corrected chi connectivity index (χ4v) is 2.40. The molecule has 4 atom stereocenters. The predicted molar refractivity (Wildman–Crippen MR) is 63.1 cm³/mol. The molecule has 3 N–H and O–H groups in total. The van der Waals surface area contributed by atoms with Gasteiger partial charge in [-0.15, -0.1) is 0 Å². The molecule has 2 aromatic rings. The number of hydrogen-bond donors (Lipinski definition) is 3. The molecule has 19 heavy (non-hydrogen) atoms. The number of ether oxygens (including phenoxy) is 1. The number of nitrogens with one attached hydrogen (secondary N) is 1. The van der Waals surface area contributed by atoms with Gasteiger partial charge in [-0.3, -0.25) is 4.29 Å². The second kappa shape index (κ2) is 4.99. The van der Waals surface area contributed by atoms with Crippen molar-refractivity contribution in [3.8, 4) is 0 Å². The highest BCUT2D eigenvalue weighted by Crippen LogP contribution is 2.36. The molecule has 8 nitrogen and oxygen atoms in total. The fourth-order valence-electron chi connectivity index (χ4n) is 2.20. The zero-order valence-electron chi connectivity index (χ0n) is 9.60. The van der Waals surface area contributed by atoms with Crippen molar-refractivity contribution in [1.29, 1.82) is 0 Å². The van der Waals surface area contributed by atoms with Crippen molar-refractivity contribution in [1.82, 2.24) is 19.9 Å². The number of aromatic nitrogens is 4. The zero-order chi connectivity index (χ0) is 13.4. The van der Waals surface area contributed by atoms with Crippen LogP contribution in [-0.2, 0) is 9.03 Å². The van der Waals surface area contributed by atoms with E-state index in [0.29, 0.717) is 16.9 Å². The number of aliphatic hydroxyl groups is 2. The molecule has 0 bridgehead atoms. The topological polar surface area (TPSA) is 113 Å². The van der Waals surface area contributed by atoms with Crippen LogP contribution < -0.4 is 0 Å². The standard InChI is InChI=1S/C10H11ClN4O4/c11-19-9-7(17)4(1-16)18-8(9)5-6-10(14-2-12-5)15-3-13-6/h2-4,7-9,16-17H,1H2,(H,12,13,14,15)/t4-,7-,8+,9-/m1/s1. The van der Waals surface area contributed by atoms with Crippen LogP contribution in [0.4, 0.5) is 0 Å². The van der Waals surface area contributed by atoms with Crippen LogP contribution in [0.15, 0.2) is 12.7 Å². The lowest BCUT2D eigenvalue weighted by Crippen LogP contribution is -2.33. The van der Waals surface area contributed by atoms with Gasteiger partial charge in [0.1, 0.15) is 42.0 Å². The summed E-state index contributed by atoms with van der Waals surface area (Å²) in [7, 11) is 0. The third kappa shape index (κ3) is 1.97. The van der Waals surface area contributed by atoms with E-state index in [1.54, 1.807) is 0 Å². The third-order valence-electron chi connectivity index (χ3n) is 3.14. The number of H-pyrrole nitrogens is 1. The van der Waals surface area contributed by atoms with Gasteiger partial charge in [-0.25, -0.2) is 15.0 Å². The van der Waals surface area contributed by atoms with Gasteiger partial charge in [0.05, 0.1) is 24.8 Å². The second-order valence-corrected chi connectivity index (χ2v) is 4.36. The van der Waals surface area contributed by atoms with E-state index in [1.165, 1.54) is 12.7 Å². The van der Waals surface area contributed by atoms with Gasteiger partial charge >= 0.3 is 0 Å². The molecule has 1 saturated heterocycles. The lowest BCUT2D eigenvalue weighted by atomic mass is 10.1. The maximum absolute atomic E-state index is 9.94. The smallest absolute Gasteiger partial charge is 0.160 e. The Morgan fingerprint density at radius 1 is 1.42 bits per heavy atom. The van der Waals surface area contributed by atoms with E-state index in [1.807, 2.05) is 0 Å². The lowest BCUT2D eigenvalue weighted by molar-refractivity contribution is -0.0234. The quantitative estimate of drug-likeness (QED) is 0.709. The Morgan fingerprint density at radius 2 is 2.26 bits per heavy atom. The molecule has 0 amide bonds. The predicted octanol–water partition coefficient (Wildman–Crippen LogP) is -0.315. The Morgan fingerprint density at radius 3 is 3.00 bits per heavy atom. The first-order valence-corrected chi connectivity index (χ1v) is 5.93. The van der Waals surface area contributed by atoms with Crippen molar-refractivity contribution in [2.24, 2.45) is 0 Å². The molecule has 2 aromatic heterocycles. The van der Waals surface area contributed by atoms with E-state index >= 15 is 0 Å². The summed E-state index contributed by atoms with van der Waals surface area (Å²) in [6.45, 7) is -0.344. The van der Waals surface area contributed by atoms with Crippen LogP contribution in [0.2, 0.25) is 0 Å². The summed E-state index contributed by atoms with van der Waals surface area (Å²) in [6.07, 6.45) is -0.557. The van der Waals surface area contributed by atoms with Crippen LogP contribution in [0, 0.1) is 0 Å². The monoisotopic (exact) mass is 286 g/mol. The van der Waals surface area contributed by atoms with Gasteiger partial charge < -0.3 is 19.9 Å². The van der Waals surface area contributed by atoms with Crippen molar-refractivity contribution in [3.05, 3.63) is 18.3 Å². The van der Waals surface area contributed by atoms with Crippen LogP contribution in [0.3, 0.4) is 0 Å². The van der Waals surface area contributed by atoms with Gasteiger partial charge in [-0.2, -0.15) is 0 Å². The van der Waals surface area contributed by atoms with Crippen molar-refractivity contribution in [3.63, 3.8) is 0 Å². The number of rotatable bonds is 3. The Balaban J connectivity index is 2.03. The molecular weight excluding hydrogens is 276 g/mol. The van der Waals surface area contributed by atoms with Crippen molar-refractivity contribution >= 4 is 23.0 Å². The zero-order valence-corrected chi connectivity index (χ0v) is 10.4. The Labute approximate surface area is 112 Å². The Hall–Kier alpha value is -1.32. The van der Waals surface area contributed by atoms with E-state index in [2.05, 4.69) is 19.9 Å². The molecule has 9 heteroatoms. The molecule has 3 rings (SSSR count). The molecule has 0 saturated carbocycles. The number of fused-ring (bicyclic) bond motifs is 1. The summed E-state index contributed by atoms with van der Waals surface area (Å²) in [6, 6.07) is 0. The van der Waals surface area contributed by atoms with Gasteiger partial charge in [0.25, 0.3) is 0 Å². The third-order valence-corrected chi connectivity index (χ3v) is 3.34. The molecule has 1 aliphatic rings. The van der Waals surface area contributed by atoms with Gasteiger partial charge in [0.15, 0.2) is 5.65 Å². The molecular formula is C10H11ClN4O4. The molecule has 1 fully saturated rings. The maximum Gasteiger partial charge on any atom is 0.160 e. The minimum atomic E-state index is -1.04. The van der Waals surface area contributed by atoms with Crippen molar-refractivity contribution < 1.29 is 19.2 Å². The van der Waals surface area contributed by atoms with Crippen LogP contribution in [-0.4, -0.2) is 55.1 Å². The maximum atomic E-state index is 9.94. The number of nitrogens with zero attached hydrogens (tertiary/aromatic N) is 3. The Kier molecular flexibility index (Phi) is 3.33. The lowest BCUT2D eigenvalue weighted by Gasteiger charge is -2.16. The number of hydrogen-bond acceptors (Lipinski definition) is 7. The Bertz CT molecular complexity index is 579. The minimum absolute atomic E-state index is 0.344. The van der Waals surface area contributed by atoms with Crippen LogP contribution in [0.25, 0.3) is 11.2 Å². The summed E-state index contributed by atoms with van der Waals surface area (Å²) in [5, 5.41) is 19.1. The van der Waals surface area contributed by atoms with Crippen LogP contribution in [0.1, 0.15) is 11.8 Å². The largest absolute Gasteiger partial charge is 0.394 e. The summed E-state index contributed by atoms with van der Waals surface area (Å²) in [5.74, 6) is 0. The summed E-state index contributed by atoms with van der Waals surface area (Å²) >= 11 is 5.40. The first-order chi connectivity index (χ1) is 9.26. The average molecular weight is 287 g/mol. The van der Waals surface area contributed by atoms with Crippen molar-refractivity contribution in [2.45, 2.75) is 24.4 Å². The first kappa shape index (κ1) is 12.7. The highest BCUT2D eigenvalue weighted by atomic mass is 35.5. The molecule has 0 aliphatic carbocycles. The van der Waals surface area contributed by atoms with E-state index in [9.17, 15) is 5.11 Å². The highest BCUT2D eigenvalue weighted by molar-refractivity contribution is 6.07. The number of aliphatic hydroxyl groups excluding tert-OH is 2. The van der Waals surface area contributed by atoms with Gasteiger partial charge in [0, 0.05) is 0 Å². The first-order valence-electron chi connectivity index (χ1n) is 5.62. The van der Waals surface area contributed by atoms with Crippen molar-refractivity contribution in [2.75, 3.05) is 6.61 Å². The molecule has 0 aromatic carbocycles. The fraction of sp³-hybridized carbons (Fsp3) is 0.500. The number of halogens is 1. The number of aromatic amines is 1. The summed E-state index contributed by atoms with van der Waals surface area (Å²) in [4.78, 5) is 15.1. The van der Waals surface area contributed by atoms with Gasteiger partial charge in [-0.1, -0.05) is 0 Å². The van der Waals surface area contributed by atoms with E-state index in [0.717, 1.165) is 0 Å². The second-order valence-electron chi connectivity index (χ2n) is 4.18. The average Bonchev–Trinajstić information content (AvgIpc) is 3.02. The molecule has 102 valence electrons. The van der Waals surface area contributed by atoms with Gasteiger partial charge in [0.2, 0.25) is 0 Å². The van der Waals surface area contributed by atoms with E-state index in [-0.39, 0.29) is 6.61 Å². The molecule has 1 aliphatic heterocycles. The van der Waals surface area contributed by atoms with Crippen LogP contribution >= 0.6 is 11.9 Å². The van der Waals surface area contributed by atoms with Gasteiger partial charge in [-0.05, 0) is 0 Å². The SMILES string of the molecule is OC[C@H]1O[C@@H](c2ncnc3[nH]cnc23)[C@H](OCl)[C@@H]1O. The van der Waals surface area contributed by atoms with E-state index < -0.39 is 24.4 Å². The number of imidazole rings is 1. The molecule has 0 spiro atoms. The normalized spacial score (nSPS) is 31.1. The van der Waals surface area contributed by atoms with Crippen LogP contribution in [0.5, 0.6) is 0 Å².